The quantitative estimate of drug-likeness (QED) is 0.810. The number of rotatable bonds is 7. The van der Waals surface area contributed by atoms with Crippen molar-refractivity contribution < 1.29 is 5.11 Å². The number of likely N-dealkylation sites (N-methyl/N-ethyl adjacent to an activating group) is 1. The molecule has 1 aliphatic rings. The first kappa shape index (κ1) is 18.2. The molecule has 130 valence electrons. The van der Waals surface area contributed by atoms with Crippen molar-refractivity contribution in [2.75, 3.05) is 45.2 Å². The summed E-state index contributed by atoms with van der Waals surface area (Å²) < 4.78 is 0. The molecule has 1 aromatic rings. The number of anilines is 1. The summed E-state index contributed by atoms with van der Waals surface area (Å²) in [6, 6.07) is 8.88. The number of aliphatic hydroxyl groups is 1. The lowest BCUT2D eigenvalue weighted by Crippen LogP contribution is -2.45. The Morgan fingerprint density at radius 1 is 1.09 bits per heavy atom. The van der Waals surface area contributed by atoms with Gasteiger partial charge in [-0.05, 0) is 51.6 Å². The Bertz CT molecular complexity index is 448. The number of nitrogens with one attached hydrogen (secondary N) is 1. The Balaban J connectivity index is 1.80. The van der Waals surface area contributed by atoms with Crippen LogP contribution in [0.15, 0.2) is 24.3 Å². The average molecular weight is 319 g/mol. The van der Waals surface area contributed by atoms with Crippen LogP contribution in [0.2, 0.25) is 0 Å². The molecule has 0 aliphatic carbocycles. The monoisotopic (exact) mass is 319 g/mol. The maximum atomic E-state index is 10.3. The van der Waals surface area contributed by atoms with Crippen LogP contribution in [0.3, 0.4) is 0 Å². The van der Waals surface area contributed by atoms with Crippen molar-refractivity contribution in [1.29, 1.82) is 0 Å². The van der Waals surface area contributed by atoms with Crippen molar-refractivity contribution in [3.8, 4) is 0 Å². The van der Waals surface area contributed by atoms with E-state index in [-0.39, 0.29) is 0 Å². The van der Waals surface area contributed by atoms with Gasteiger partial charge < -0.3 is 20.2 Å². The second-order valence-electron chi connectivity index (χ2n) is 7.41. The maximum Gasteiger partial charge on any atom is 0.0869 e. The molecule has 1 aromatic carbocycles. The van der Waals surface area contributed by atoms with Gasteiger partial charge in [0.05, 0.1) is 5.60 Å². The van der Waals surface area contributed by atoms with Gasteiger partial charge >= 0.3 is 0 Å². The van der Waals surface area contributed by atoms with E-state index in [1.54, 1.807) is 0 Å². The highest BCUT2D eigenvalue weighted by Crippen LogP contribution is 2.20. The Kier molecular flexibility index (Phi) is 6.88. The minimum Gasteiger partial charge on any atom is -0.388 e. The van der Waals surface area contributed by atoms with Crippen LogP contribution in [0, 0.1) is 0 Å². The van der Waals surface area contributed by atoms with E-state index in [2.05, 4.69) is 34.5 Å². The summed E-state index contributed by atoms with van der Waals surface area (Å²) in [5.41, 5.74) is 1.91. The van der Waals surface area contributed by atoms with Gasteiger partial charge in [0.2, 0.25) is 0 Å². The first-order chi connectivity index (χ1) is 11.0. The molecular formula is C19H33N3O. The van der Waals surface area contributed by atoms with Gasteiger partial charge in [0.1, 0.15) is 0 Å². The zero-order valence-corrected chi connectivity index (χ0v) is 15.0. The van der Waals surface area contributed by atoms with E-state index in [0.29, 0.717) is 13.1 Å². The Labute approximate surface area is 141 Å². The van der Waals surface area contributed by atoms with E-state index < -0.39 is 5.60 Å². The van der Waals surface area contributed by atoms with E-state index in [0.717, 1.165) is 6.54 Å². The summed E-state index contributed by atoms with van der Waals surface area (Å²) in [5.74, 6) is 0. The lowest BCUT2D eigenvalue weighted by atomic mass is 10.1. The zero-order valence-electron chi connectivity index (χ0n) is 15.0. The molecule has 0 saturated carbocycles. The predicted molar refractivity (Wildman–Crippen MR) is 98.0 cm³/mol. The highest BCUT2D eigenvalue weighted by Gasteiger charge is 2.20. The summed E-state index contributed by atoms with van der Waals surface area (Å²) in [4.78, 5) is 4.52. The van der Waals surface area contributed by atoms with Crippen LogP contribution in [0.1, 0.15) is 38.2 Å². The molecule has 4 nitrogen and oxygen atoms in total. The molecule has 0 bridgehead atoms. The van der Waals surface area contributed by atoms with E-state index in [4.69, 9.17) is 0 Å². The van der Waals surface area contributed by atoms with Gasteiger partial charge in [-0.1, -0.05) is 25.0 Å². The minimum absolute atomic E-state index is 0.596. The third kappa shape index (κ3) is 6.50. The van der Waals surface area contributed by atoms with Crippen LogP contribution in [-0.4, -0.2) is 55.9 Å². The van der Waals surface area contributed by atoms with Crippen molar-refractivity contribution in [2.45, 2.75) is 44.8 Å². The largest absolute Gasteiger partial charge is 0.388 e. The van der Waals surface area contributed by atoms with Gasteiger partial charge in [0, 0.05) is 38.4 Å². The highest BCUT2D eigenvalue weighted by atomic mass is 16.3. The van der Waals surface area contributed by atoms with Crippen LogP contribution in [0.25, 0.3) is 0 Å². The highest BCUT2D eigenvalue weighted by molar-refractivity contribution is 5.47. The number of benzene rings is 1. The van der Waals surface area contributed by atoms with Gasteiger partial charge in [-0.2, -0.15) is 0 Å². The number of hydrogen-bond donors (Lipinski definition) is 2. The molecule has 0 spiro atoms. The molecule has 23 heavy (non-hydrogen) atoms. The topological polar surface area (TPSA) is 38.7 Å². The Hall–Kier alpha value is -1.10. The second kappa shape index (κ2) is 8.67. The summed E-state index contributed by atoms with van der Waals surface area (Å²) >= 11 is 0. The molecule has 1 atom stereocenters. The zero-order chi connectivity index (χ0) is 16.7. The molecule has 1 unspecified atom stereocenters. The first-order valence-corrected chi connectivity index (χ1v) is 8.88. The van der Waals surface area contributed by atoms with Crippen molar-refractivity contribution in [2.24, 2.45) is 0 Å². The van der Waals surface area contributed by atoms with Crippen molar-refractivity contribution in [3.05, 3.63) is 29.8 Å². The number of nitrogens with zero attached hydrogens (tertiary/aromatic N) is 2. The van der Waals surface area contributed by atoms with Crippen LogP contribution in [0.4, 0.5) is 5.69 Å². The van der Waals surface area contributed by atoms with Gasteiger partial charge in [-0.3, -0.25) is 0 Å². The predicted octanol–water partition coefficient (Wildman–Crippen LogP) is 2.47. The molecule has 1 fully saturated rings. The fourth-order valence-electron chi connectivity index (χ4n) is 3.37. The van der Waals surface area contributed by atoms with Crippen LogP contribution >= 0.6 is 0 Å². The second-order valence-corrected chi connectivity index (χ2v) is 7.41. The first-order valence-electron chi connectivity index (χ1n) is 8.88. The van der Waals surface area contributed by atoms with Crippen LogP contribution in [-0.2, 0) is 6.54 Å². The maximum absolute atomic E-state index is 10.3. The fourth-order valence-corrected chi connectivity index (χ4v) is 3.37. The Morgan fingerprint density at radius 3 is 2.26 bits per heavy atom. The SMILES string of the molecule is CN(C)CC(C)(O)CNCc1ccc(N2CCCCCC2)cc1. The fraction of sp³-hybridized carbons (Fsp3) is 0.684. The van der Waals surface area contributed by atoms with Crippen LogP contribution in [0.5, 0.6) is 0 Å². The van der Waals surface area contributed by atoms with E-state index in [9.17, 15) is 5.11 Å². The third-order valence-corrected chi connectivity index (χ3v) is 4.40. The minimum atomic E-state index is -0.699. The summed E-state index contributed by atoms with van der Waals surface area (Å²) in [6.07, 6.45) is 5.35. The van der Waals surface area contributed by atoms with Crippen LogP contribution < -0.4 is 10.2 Å². The molecule has 1 heterocycles. The van der Waals surface area contributed by atoms with Gasteiger partial charge in [0.25, 0.3) is 0 Å². The normalized spacial score (nSPS) is 18.7. The number of hydrogen-bond acceptors (Lipinski definition) is 4. The molecule has 2 N–H and O–H groups in total. The van der Waals surface area contributed by atoms with Crippen molar-refractivity contribution in [1.82, 2.24) is 10.2 Å². The molecular weight excluding hydrogens is 286 g/mol. The molecule has 0 radical (unpaired) electrons. The summed E-state index contributed by atoms with van der Waals surface area (Å²) in [5, 5.41) is 13.7. The Morgan fingerprint density at radius 2 is 1.70 bits per heavy atom. The van der Waals surface area contributed by atoms with E-state index >= 15 is 0 Å². The van der Waals surface area contributed by atoms with E-state index in [1.165, 1.54) is 50.0 Å². The standard InChI is InChI=1S/C19H33N3O/c1-19(23,16-21(2)3)15-20-14-17-8-10-18(11-9-17)22-12-6-4-5-7-13-22/h8-11,20,23H,4-7,12-16H2,1-3H3. The smallest absolute Gasteiger partial charge is 0.0869 e. The molecule has 2 rings (SSSR count). The van der Waals surface area contributed by atoms with Gasteiger partial charge in [-0.25, -0.2) is 0 Å². The lowest BCUT2D eigenvalue weighted by Gasteiger charge is -2.27. The molecule has 1 saturated heterocycles. The molecule has 4 heteroatoms. The molecule has 1 aliphatic heterocycles. The summed E-state index contributed by atoms with van der Waals surface area (Å²) in [7, 11) is 3.96. The molecule has 0 amide bonds. The third-order valence-electron chi connectivity index (χ3n) is 4.40. The molecule has 0 aromatic heterocycles. The average Bonchev–Trinajstić information content (AvgIpc) is 2.75. The van der Waals surface area contributed by atoms with Crippen molar-refractivity contribution >= 4 is 5.69 Å². The lowest BCUT2D eigenvalue weighted by molar-refractivity contribution is 0.0336. The van der Waals surface area contributed by atoms with Crippen molar-refractivity contribution in [3.63, 3.8) is 0 Å². The van der Waals surface area contributed by atoms with Gasteiger partial charge in [0.15, 0.2) is 0 Å². The summed E-state index contributed by atoms with van der Waals surface area (Å²) in [6.45, 7) is 6.30. The van der Waals surface area contributed by atoms with Gasteiger partial charge in [-0.15, -0.1) is 0 Å². The van der Waals surface area contributed by atoms with E-state index in [1.807, 2.05) is 25.9 Å².